The van der Waals surface area contributed by atoms with Gasteiger partial charge in [0.05, 0.1) is 6.10 Å². The van der Waals surface area contributed by atoms with Crippen LogP contribution in [0.4, 0.5) is 0 Å². The van der Waals surface area contributed by atoms with Crippen LogP contribution in [0.5, 0.6) is 0 Å². The van der Waals surface area contributed by atoms with Crippen LogP contribution in [0.2, 0.25) is 0 Å². The quantitative estimate of drug-likeness (QED) is 0.723. The molecular weight excluding hydrogens is 232 g/mol. The molecule has 18 heavy (non-hydrogen) atoms. The first-order valence-electron chi connectivity index (χ1n) is 6.73. The molecule has 2 aliphatic heterocycles. The molecule has 0 bridgehead atoms. The van der Waals surface area contributed by atoms with E-state index in [4.69, 9.17) is 4.74 Å². The first-order chi connectivity index (χ1) is 8.69. The van der Waals surface area contributed by atoms with Crippen molar-refractivity contribution in [3.8, 4) is 0 Å². The zero-order valence-corrected chi connectivity index (χ0v) is 11.1. The van der Waals surface area contributed by atoms with E-state index in [0.29, 0.717) is 38.5 Å². The molecule has 1 amide bonds. The first-order valence-corrected chi connectivity index (χ1v) is 6.73. The topological polar surface area (TPSA) is 49.9 Å². The molecule has 2 heterocycles. The summed E-state index contributed by atoms with van der Waals surface area (Å²) in [6.07, 6.45) is 3.00. The van der Waals surface area contributed by atoms with Crippen LogP contribution in [0, 0.1) is 0 Å². The van der Waals surface area contributed by atoms with Crippen LogP contribution in [-0.4, -0.2) is 67.4 Å². The predicted octanol–water partition coefficient (Wildman–Crippen LogP) is 0.289. The minimum Gasteiger partial charge on any atom is -0.380 e. The highest BCUT2D eigenvalue weighted by Crippen LogP contribution is 2.13. The fourth-order valence-electron chi connectivity index (χ4n) is 2.61. The van der Waals surface area contributed by atoms with Gasteiger partial charge in [-0.3, -0.25) is 9.59 Å². The molecule has 2 aliphatic rings. The van der Waals surface area contributed by atoms with Crippen LogP contribution >= 0.6 is 0 Å². The second kappa shape index (κ2) is 6.29. The summed E-state index contributed by atoms with van der Waals surface area (Å²) in [7, 11) is 1.74. The Kier molecular flexibility index (Phi) is 4.72. The molecule has 0 radical (unpaired) electrons. The van der Waals surface area contributed by atoms with Gasteiger partial charge < -0.3 is 14.5 Å². The molecule has 0 aromatic carbocycles. The van der Waals surface area contributed by atoms with E-state index in [1.807, 2.05) is 4.90 Å². The Morgan fingerprint density at radius 3 is 2.67 bits per heavy atom. The summed E-state index contributed by atoms with van der Waals surface area (Å²) >= 11 is 0. The molecule has 1 unspecified atom stereocenters. The Hall–Kier alpha value is -0.940. The van der Waals surface area contributed by atoms with Crippen LogP contribution in [0.25, 0.3) is 0 Å². The normalized spacial score (nSPS) is 25.7. The smallest absolute Gasteiger partial charge is 0.223 e. The molecule has 1 atom stereocenters. The average Bonchev–Trinajstić information content (AvgIpc) is 2.85. The largest absolute Gasteiger partial charge is 0.380 e. The molecule has 2 rings (SSSR count). The number of hydrogen-bond acceptors (Lipinski definition) is 4. The number of likely N-dealkylation sites (tertiary alicyclic amines) is 2. The van der Waals surface area contributed by atoms with E-state index in [1.54, 1.807) is 7.11 Å². The highest BCUT2D eigenvalue weighted by atomic mass is 16.5. The van der Waals surface area contributed by atoms with E-state index >= 15 is 0 Å². The maximum Gasteiger partial charge on any atom is 0.223 e. The van der Waals surface area contributed by atoms with Crippen LogP contribution in [-0.2, 0) is 14.3 Å². The van der Waals surface area contributed by atoms with E-state index in [9.17, 15) is 9.59 Å². The zero-order valence-electron chi connectivity index (χ0n) is 11.1. The maximum atomic E-state index is 12.0. The van der Waals surface area contributed by atoms with Gasteiger partial charge >= 0.3 is 0 Å². The van der Waals surface area contributed by atoms with Crippen molar-refractivity contribution in [3.05, 3.63) is 0 Å². The summed E-state index contributed by atoms with van der Waals surface area (Å²) in [5.41, 5.74) is 0. The predicted molar refractivity (Wildman–Crippen MR) is 67.3 cm³/mol. The van der Waals surface area contributed by atoms with Gasteiger partial charge in [-0.15, -0.1) is 0 Å². The summed E-state index contributed by atoms with van der Waals surface area (Å²) in [6.45, 7) is 3.98. The monoisotopic (exact) mass is 254 g/mol. The van der Waals surface area contributed by atoms with Crippen LogP contribution in [0.1, 0.15) is 25.7 Å². The lowest BCUT2D eigenvalue weighted by Gasteiger charge is -2.27. The number of nitrogens with zero attached hydrogens (tertiary/aromatic N) is 2. The number of amides is 1. The third-order valence-electron chi connectivity index (χ3n) is 3.88. The van der Waals surface area contributed by atoms with E-state index in [-0.39, 0.29) is 11.7 Å². The molecule has 0 aromatic rings. The van der Waals surface area contributed by atoms with E-state index in [1.165, 1.54) is 0 Å². The van der Waals surface area contributed by atoms with Crippen molar-refractivity contribution in [3.63, 3.8) is 0 Å². The third-order valence-corrected chi connectivity index (χ3v) is 3.88. The molecule has 2 saturated heterocycles. The Labute approximate surface area is 108 Å². The number of hydrogen-bond donors (Lipinski definition) is 0. The Balaban J connectivity index is 1.67. The van der Waals surface area contributed by atoms with Gasteiger partial charge in [-0.25, -0.2) is 0 Å². The fraction of sp³-hybridized carbons (Fsp3) is 0.846. The lowest BCUT2D eigenvalue weighted by molar-refractivity contribution is -0.134. The SMILES string of the molecule is COC1CCN(CCC(=O)N2CCC(=O)CC2)C1. The maximum absolute atomic E-state index is 12.0. The molecule has 0 aliphatic carbocycles. The van der Waals surface area contributed by atoms with Crippen molar-refractivity contribution < 1.29 is 14.3 Å². The molecular formula is C13H22N2O3. The van der Waals surface area contributed by atoms with Gasteiger partial charge in [-0.2, -0.15) is 0 Å². The molecule has 2 fully saturated rings. The van der Waals surface area contributed by atoms with Crippen LogP contribution in [0.3, 0.4) is 0 Å². The van der Waals surface area contributed by atoms with Crippen LogP contribution < -0.4 is 0 Å². The van der Waals surface area contributed by atoms with Crippen molar-refractivity contribution >= 4 is 11.7 Å². The molecule has 5 nitrogen and oxygen atoms in total. The Morgan fingerprint density at radius 1 is 1.33 bits per heavy atom. The van der Waals surface area contributed by atoms with Crippen LogP contribution in [0.15, 0.2) is 0 Å². The number of ether oxygens (including phenoxy) is 1. The first kappa shape index (κ1) is 13.5. The number of rotatable bonds is 4. The summed E-state index contributed by atoms with van der Waals surface area (Å²) < 4.78 is 5.30. The van der Waals surface area contributed by atoms with E-state index in [0.717, 1.165) is 26.1 Å². The molecule has 0 saturated carbocycles. The number of carbonyl (C=O) groups excluding carboxylic acids is 2. The Bertz CT molecular complexity index is 309. The van der Waals surface area contributed by atoms with E-state index in [2.05, 4.69) is 4.90 Å². The van der Waals surface area contributed by atoms with Gasteiger partial charge in [0.2, 0.25) is 5.91 Å². The Morgan fingerprint density at radius 2 is 2.06 bits per heavy atom. The molecule has 0 N–H and O–H groups in total. The highest BCUT2D eigenvalue weighted by Gasteiger charge is 2.24. The average molecular weight is 254 g/mol. The lowest BCUT2D eigenvalue weighted by atomic mass is 10.1. The molecule has 0 spiro atoms. The van der Waals surface area contributed by atoms with Gasteiger partial charge in [0, 0.05) is 59.1 Å². The van der Waals surface area contributed by atoms with Gasteiger partial charge in [0.15, 0.2) is 0 Å². The summed E-state index contributed by atoms with van der Waals surface area (Å²) in [6, 6.07) is 0. The molecule has 102 valence electrons. The fourth-order valence-corrected chi connectivity index (χ4v) is 2.61. The zero-order chi connectivity index (χ0) is 13.0. The second-order valence-electron chi connectivity index (χ2n) is 5.12. The summed E-state index contributed by atoms with van der Waals surface area (Å²) in [4.78, 5) is 27.2. The molecule has 0 aromatic heterocycles. The minimum atomic E-state index is 0.184. The van der Waals surface area contributed by atoms with Crippen molar-refractivity contribution in [1.29, 1.82) is 0 Å². The van der Waals surface area contributed by atoms with Gasteiger partial charge in [-0.05, 0) is 6.42 Å². The molecule has 5 heteroatoms. The van der Waals surface area contributed by atoms with Gasteiger partial charge in [-0.1, -0.05) is 0 Å². The van der Waals surface area contributed by atoms with E-state index < -0.39 is 0 Å². The lowest BCUT2D eigenvalue weighted by Crippen LogP contribution is -2.40. The highest BCUT2D eigenvalue weighted by molar-refractivity contribution is 5.83. The number of Topliss-reactive ketones (excluding diaryl/α,β-unsaturated/α-hetero) is 1. The second-order valence-corrected chi connectivity index (χ2v) is 5.12. The number of methoxy groups -OCH3 is 1. The van der Waals surface area contributed by atoms with Crippen molar-refractivity contribution in [2.75, 3.05) is 39.8 Å². The number of ketones is 1. The van der Waals surface area contributed by atoms with Crippen molar-refractivity contribution in [1.82, 2.24) is 9.80 Å². The van der Waals surface area contributed by atoms with Gasteiger partial charge in [0.1, 0.15) is 5.78 Å². The standard InChI is InChI=1S/C13H22N2O3/c1-18-12-4-6-14(10-12)7-5-13(17)15-8-2-11(16)3-9-15/h12H,2-10H2,1H3. The number of carbonyl (C=O) groups is 2. The van der Waals surface area contributed by atoms with Crippen molar-refractivity contribution in [2.45, 2.75) is 31.8 Å². The minimum absolute atomic E-state index is 0.184. The third kappa shape index (κ3) is 3.53. The van der Waals surface area contributed by atoms with Gasteiger partial charge in [0.25, 0.3) is 0 Å². The van der Waals surface area contributed by atoms with Crippen molar-refractivity contribution in [2.24, 2.45) is 0 Å². The summed E-state index contributed by atoms with van der Waals surface area (Å²) in [5.74, 6) is 0.463. The number of piperidine rings is 1. The summed E-state index contributed by atoms with van der Waals surface area (Å²) in [5, 5.41) is 0.